The highest BCUT2D eigenvalue weighted by Gasteiger charge is 1.93. The molecule has 0 saturated carbocycles. The lowest BCUT2D eigenvalue weighted by Gasteiger charge is -2.00. The van der Waals surface area contributed by atoms with Crippen molar-refractivity contribution in [1.82, 2.24) is 5.01 Å². The number of rotatable bonds is 0. The summed E-state index contributed by atoms with van der Waals surface area (Å²) in [5.41, 5.74) is 0. The van der Waals surface area contributed by atoms with Gasteiger partial charge >= 0.3 is 0 Å². The first-order valence-corrected chi connectivity index (χ1v) is 1.69. The van der Waals surface area contributed by atoms with Crippen LogP contribution in [0.1, 0.15) is 0 Å². The van der Waals surface area contributed by atoms with Gasteiger partial charge in [-0.15, -0.1) is 0 Å². The van der Waals surface area contributed by atoms with Gasteiger partial charge in [0.05, 0.1) is 6.20 Å². The van der Waals surface area contributed by atoms with Crippen LogP contribution in [0.3, 0.4) is 0 Å². The minimum absolute atomic E-state index is 0.486. The Morgan fingerprint density at radius 3 is 2.83 bits per heavy atom. The van der Waals surface area contributed by atoms with Crippen molar-refractivity contribution in [1.29, 1.82) is 0 Å². The Labute approximate surface area is 36.0 Å². The average Bonchev–Trinajstić information content (AvgIpc) is 1.86. The molecule has 1 aliphatic heterocycles. The van der Waals surface area contributed by atoms with Crippen LogP contribution in [0.15, 0.2) is 12.5 Å². The molecule has 34 valence electrons. The molecule has 0 unspecified atom stereocenters. The van der Waals surface area contributed by atoms with Crippen LogP contribution in [0.25, 0.3) is 0 Å². The smallest absolute Gasteiger partial charge is 0.173 e. The molecule has 0 amide bonds. The van der Waals surface area contributed by atoms with E-state index in [0.29, 0.717) is 6.73 Å². The van der Waals surface area contributed by atoms with Crippen LogP contribution in [-0.2, 0) is 4.74 Å². The number of hydrogen-bond donors (Lipinski definition) is 1. The quantitative estimate of drug-likeness (QED) is 0.408. The second-order valence-electron chi connectivity index (χ2n) is 1.10. The molecule has 1 rings (SSSR count). The van der Waals surface area contributed by atoms with Crippen LogP contribution in [-0.4, -0.2) is 11.7 Å². The van der Waals surface area contributed by atoms with Gasteiger partial charge in [0.25, 0.3) is 0 Å². The SMILES string of the molecule is NN1C=COC1. The molecule has 0 aromatic carbocycles. The fourth-order valence-electron chi connectivity index (χ4n) is 0.293. The molecule has 0 spiro atoms. The summed E-state index contributed by atoms with van der Waals surface area (Å²) in [5.74, 6) is 5.16. The van der Waals surface area contributed by atoms with Gasteiger partial charge in [-0.05, 0) is 0 Å². The summed E-state index contributed by atoms with van der Waals surface area (Å²) in [4.78, 5) is 0. The lowest BCUT2D eigenvalue weighted by molar-refractivity contribution is 0.173. The molecule has 0 aliphatic carbocycles. The maximum absolute atomic E-state index is 5.16. The van der Waals surface area contributed by atoms with E-state index in [-0.39, 0.29) is 0 Å². The average molecular weight is 86.1 g/mol. The predicted molar refractivity (Wildman–Crippen MR) is 21.1 cm³/mol. The molecule has 2 N–H and O–H groups in total. The number of hydrazine groups is 1. The number of ether oxygens (including phenoxy) is 1. The highest BCUT2D eigenvalue weighted by Crippen LogP contribution is 1.90. The molecule has 1 aliphatic rings. The third kappa shape index (κ3) is 0.440. The Morgan fingerprint density at radius 2 is 2.67 bits per heavy atom. The van der Waals surface area contributed by atoms with Gasteiger partial charge in [-0.25, -0.2) is 5.84 Å². The molecule has 0 atom stereocenters. The zero-order chi connectivity index (χ0) is 4.41. The first kappa shape index (κ1) is 3.49. The van der Waals surface area contributed by atoms with Gasteiger partial charge in [0.2, 0.25) is 0 Å². The van der Waals surface area contributed by atoms with Crippen molar-refractivity contribution in [3.05, 3.63) is 12.5 Å². The lowest BCUT2D eigenvalue weighted by atomic mass is 11.0. The number of hydrogen-bond acceptors (Lipinski definition) is 3. The monoisotopic (exact) mass is 86.0 g/mol. The second-order valence-corrected chi connectivity index (χ2v) is 1.10. The predicted octanol–water partition coefficient (Wildman–Crippen LogP) is -0.379. The fraction of sp³-hybridized carbons (Fsp3) is 0.333. The summed E-state index contributed by atoms with van der Waals surface area (Å²) >= 11 is 0. The van der Waals surface area contributed by atoms with E-state index < -0.39 is 0 Å². The maximum Gasteiger partial charge on any atom is 0.173 e. The molecular weight excluding hydrogens is 80.0 g/mol. The third-order valence-electron chi connectivity index (χ3n) is 0.572. The standard InChI is InChI=1S/C3H6N2O/c4-5-1-2-6-3-5/h1-2H,3-4H2. The zero-order valence-corrected chi connectivity index (χ0v) is 3.29. The summed E-state index contributed by atoms with van der Waals surface area (Å²) in [6.45, 7) is 0.486. The number of nitrogens with two attached hydrogens (primary N) is 1. The van der Waals surface area contributed by atoms with Gasteiger partial charge in [-0.1, -0.05) is 0 Å². The van der Waals surface area contributed by atoms with E-state index in [2.05, 4.69) is 4.74 Å². The van der Waals surface area contributed by atoms with Crippen LogP contribution < -0.4 is 5.84 Å². The minimum Gasteiger partial charge on any atom is -0.478 e. The summed E-state index contributed by atoms with van der Waals surface area (Å²) in [6.07, 6.45) is 3.22. The Balaban J connectivity index is 2.38. The van der Waals surface area contributed by atoms with Gasteiger partial charge in [-0.2, -0.15) is 0 Å². The normalized spacial score (nSPS) is 18.5. The third-order valence-corrected chi connectivity index (χ3v) is 0.572. The van der Waals surface area contributed by atoms with Crippen LogP contribution >= 0.6 is 0 Å². The highest BCUT2D eigenvalue weighted by molar-refractivity contribution is 4.74. The van der Waals surface area contributed by atoms with Gasteiger partial charge in [0.15, 0.2) is 6.73 Å². The van der Waals surface area contributed by atoms with Crippen LogP contribution in [0.5, 0.6) is 0 Å². The zero-order valence-electron chi connectivity index (χ0n) is 3.29. The molecule has 0 fully saturated rings. The molecule has 6 heavy (non-hydrogen) atoms. The van der Waals surface area contributed by atoms with Crippen LogP contribution in [0.4, 0.5) is 0 Å². The van der Waals surface area contributed by atoms with Crippen molar-refractivity contribution in [2.45, 2.75) is 0 Å². The van der Waals surface area contributed by atoms with E-state index in [1.165, 1.54) is 5.01 Å². The van der Waals surface area contributed by atoms with E-state index in [9.17, 15) is 0 Å². The first-order valence-electron chi connectivity index (χ1n) is 1.69. The number of nitrogens with zero attached hydrogens (tertiary/aromatic N) is 1. The molecule has 3 heteroatoms. The van der Waals surface area contributed by atoms with E-state index in [1.807, 2.05) is 0 Å². The minimum atomic E-state index is 0.486. The Hall–Kier alpha value is -0.700. The summed E-state index contributed by atoms with van der Waals surface area (Å²) < 4.78 is 4.68. The van der Waals surface area contributed by atoms with Crippen molar-refractivity contribution < 1.29 is 4.74 Å². The second kappa shape index (κ2) is 1.18. The molecule has 0 radical (unpaired) electrons. The van der Waals surface area contributed by atoms with Crippen molar-refractivity contribution in [2.75, 3.05) is 6.73 Å². The molecular formula is C3H6N2O. The van der Waals surface area contributed by atoms with Gasteiger partial charge in [0.1, 0.15) is 6.26 Å². The highest BCUT2D eigenvalue weighted by atomic mass is 16.5. The van der Waals surface area contributed by atoms with Gasteiger partial charge < -0.3 is 4.74 Å². The Bertz CT molecular complexity index is 71.2. The summed E-state index contributed by atoms with van der Waals surface area (Å²) in [6, 6.07) is 0. The molecule has 3 nitrogen and oxygen atoms in total. The van der Waals surface area contributed by atoms with Gasteiger partial charge in [-0.3, -0.25) is 5.01 Å². The van der Waals surface area contributed by atoms with E-state index in [4.69, 9.17) is 5.84 Å². The Morgan fingerprint density at radius 1 is 1.83 bits per heavy atom. The lowest BCUT2D eigenvalue weighted by Crippen LogP contribution is -2.22. The van der Waals surface area contributed by atoms with Crippen molar-refractivity contribution in [3.63, 3.8) is 0 Å². The fourth-order valence-corrected chi connectivity index (χ4v) is 0.293. The van der Waals surface area contributed by atoms with E-state index >= 15 is 0 Å². The van der Waals surface area contributed by atoms with Crippen molar-refractivity contribution in [3.8, 4) is 0 Å². The summed E-state index contributed by atoms with van der Waals surface area (Å²) in [7, 11) is 0. The Kier molecular flexibility index (Phi) is 0.686. The maximum atomic E-state index is 5.16. The first-order chi connectivity index (χ1) is 2.89. The van der Waals surface area contributed by atoms with Crippen molar-refractivity contribution in [2.24, 2.45) is 5.84 Å². The molecule has 0 bridgehead atoms. The largest absolute Gasteiger partial charge is 0.478 e. The topological polar surface area (TPSA) is 38.5 Å². The molecule has 0 saturated heterocycles. The van der Waals surface area contributed by atoms with Gasteiger partial charge in [0, 0.05) is 0 Å². The molecule has 0 aromatic heterocycles. The summed E-state index contributed by atoms with van der Waals surface area (Å²) in [5, 5.41) is 1.46. The molecule has 0 aromatic rings. The van der Waals surface area contributed by atoms with Crippen LogP contribution in [0.2, 0.25) is 0 Å². The van der Waals surface area contributed by atoms with E-state index in [1.54, 1.807) is 12.5 Å². The van der Waals surface area contributed by atoms with Crippen LogP contribution in [0, 0.1) is 0 Å². The molecule has 1 heterocycles. The van der Waals surface area contributed by atoms with E-state index in [0.717, 1.165) is 0 Å². The van der Waals surface area contributed by atoms with Crippen molar-refractivity contribution >= 4 is 0 Å².